The molecule has 1 N–H and O–H groups in total. The first-order valence-corrected chi connectivity index (χ1v) is 6.29. The van der Waals surface area contributed by atoms with Crippen LogP contribution in [0, 0.1) is 5.39 Å². The number of hydrogen-bond acceptors (Lipinski definition) is 4. The van der Waals surface area contributed by atoms with E-state index in [1.807, 2.05) is 0 Å². The second-order valence-corrected chi connectivity index (χ2v) is 3.81. The highest BCUT2D eigenvalue weighted by atomic mass is 16.5. The fraction of sp³-hybridized carbons (Fsp3) is 0.615. The van der Waals surface area contributed by atoms with E-state index in [4.69, 9.17) is 5.39 Å². The predicted octanol–water partition coefficient (Wildman–Crippen LogP) is 3.70. The number of ether oxygens (including phenoxy) is 1. The van der Waals surface area contributed by atoms with Crippen LogP contribution >= 0.6 is 0 Å². The third-order valence-electron chi connectivity index (χ3n) is 2.31. The summed E-state index contributed by atoms with van der Waals surface area (Å²) in [5.74, 6) is -1.22. The summed E-state index contributed by atoms with van der Waals surface area (Å²) in [4.78, 5) is 14.0. The molecule has 0 fully saturated rings. The molecule has 0 unspecified atom stereocenters. The van der Waals surface area contributed by atoms with Crippen molar-refractivity contribution in [3.8, 4) is 0 Å². The van der Waals surface area contributed by atoms with E-state index in [-0.39, 0.29) is 12.4 Å². The largest absolute Gasteiger partial charge is 0.509 e. The summed E-state index contributed by atoms with van der Waals surface area (Å²) in [5.41, 5.74) is -0.471. The number of carbonyl (C=O) groups excluding carboxylic acids is 1. The maximum Gasteiger partial charge on any atom is 0.509 e. The highest BCUT2D eigenvalue weighted by Gasteiger charge is 2.29. The van der Waals surface area contributed by atoms with Gasteiger partial charge in [0.15, 0.2) is 4.98 Å². The quantitative estimate of drug-likeness (QED) is 0.179. The lowest BCUT2D eigenvalue weighted by Gasteiger charge is -1.94. The van der Waals surface area contributed by atoms with Gasteiger partial charge in [-0.3, -0.25) is 0 Å². The van der Waals surface area contributed by atoms with Gasteiger partial charge in [-0.25, -0.2) is 4.79 Å². The Balaban J connectivity index is 4.32. The van der Waals surface area contributed by atoms with Crippen LogP contribution in [0.5, 0.6) is 0 Å². The molecular formula is C13H21N2O3+. The minimum absolute atomic E-state index is 0.159. The van der Waals surface area contributed by atoms with Gasteiger partial charge in [0.2, 0.25) is 11.2 Å². The Kier molecular flexibility index (Phi) is 9.28. The molecule has 0 aliphatic rings. The van der Waals surface area contributed by atoms with Gasteiger partial charge < -0.3 is 9.84 Å². The molecular weight excluding hydrogens is 232 g/mol. The molecule has 5 nitrogen and oxygen atoms in total. The van der Waals surface area contributed by atoms with Gasteiger partial charge in [-0.2, -0.15) is 0 Å². The Morgan fingerprint density at radius 3 is 2.61 bits per heavy atom. The van der Waals surface area contributed by atoms with Crippen LogP contribution in [-0.2, 0) is 9.53 Å². The zero-order chi connectivity index (χ0) is 13.8. The highest BCUT2D eigenvalue weighted by Crippen LogP contribution is 2.09. The molecule has 0 rings (SSSR count). The van der Waals surface area contributed by atoms with Crippen molar-refractivity contribution in [1.29, 1.82) is 5.39 Å². The number of aliphatic hydroxyl groups is 1. The number of hydrogen-bond donors (Lipinski definition) is 1. The normalized spacial score (nSPS) is 12.1. The van der Waals surface area contributed by atoms with Crippen LogP contribution < -0.4 is 0 Å². The van der Waals surface area contributed by atoms with Crippen molar-refractivity contribution < 1.29 is 14.6 Å². The number of aliphatic hydroxyl groups excluding tert-OH is 1. The van der Waals surface area contributed by atoms with Gasteiger partial charge in [0, 0.05) is 0 Å². The molecule has 0 amide bonds. The Bertz CT molecular complexity index is 354. The number of diazo groups is 1. The summed E-state index contributed by atoms with van der Waals surface area (Å²) in [6, 6.07) is 0. The molecule has 0 saturated carbocycles. The van der Waals surface area contributed by atoms with Crippen LogP contribution in [0.2, 0.25) is 0 Å². The molecule has 5 heteroatoms. The Morgan fingerprint density at radius 2 is 2.06 bits per heavy atom. The van der Waals surface area contributed by atoms with E-state index in [0.717, 1.165) is 19.3 Å². The van der Waals surface area contributed by atoms with Crippen LogP contribution in [0.15, 0.2) is 23.6 Å². The monoisotopic (exact) mass is 253 g/mol. The molecule has 18 heavy (non-hydrogen) atoms. The molecule has 0 heterocycles. The van der Waals surface area contributed by atoms with Crippen LogP contribution in [0.1, 0.15) is 46.0 Å². The predicted molar refractivity (Wildman–Crippen MR) is 69.3 cm³/mol. The molecule has 0 saturated heterocycles. The molecule has 0 radical (unpaired) electrons. The van der Waals surface area contributed by atoms with Gasteiger partial charge >= 0.3 is 11.7 Å². The van der Waals surface area contributed by atoms with E-state index >= 15 is 0 Å². The lowest BCUT2D eigenvalue weighted by molar-refractivity contribution is -0.138. The first kappa shape index (κ1) is 16.2. The summed E-state index contributed by atoms with van der Waals surface area (Å²) >= 11 is 0. The summed E-state index contributed by atoms with van der Waals surface area (Å²) in [5, 5.41) is 18.2. The Labute approximate surface area is 108 Å². The van der Waals surface area contributed by atoms with Crippen LogP contribution in [0.3, 0.4) is 0 Å². The van der Waals surface area contributed by atoms with E-state index in [0.29, 0.717) is 0 Å². The van der Waals surface area contributed by atoms with Crippen molar-refractivity contribution in [1.82, 2.24) is 0 Å². The zero-order valence-electron chi connectivity index (χ0n) is 11.1. The number of carbonyl (C=O) groups is 1. The zero-order valence-corrected chi connectivity index (χ0v) is 11.1. The van der Waals surface area contributed by atoms with Crippen LogP contribution in [0.25, 0.3) is 4.98 Å². The first-order valence-electron chi connectivity index (χ1n) is 6.29. The molecule has 0 aliphatic carbocycles. The van der Waals surface area contributed by atoms with E-state index in [9.17, 15) is 9.90 Å². The molecule has 0 aromatic rings. The van der Waals surface area contributed by atoms with Crippen molar-refractivity contribution >= 4 is 5.97 Å². The van der Waals surface area contributed by atoms with Gasteiger partial charge in [0.05, 0.1) is 6.61 Å². The van der Waals surface area contributed by atoms with E-state index < -0.39 is 11.7 Å². The fourth-order valence-electron chi connectivity index (χ4n) is 1.36. The average molecular weight is 253 g/mol. The van der Waals surface area contributed by atoms with Gasteiger partial charge in [-0.1, -0.05) is 32.3 Å². The molecule has 0 aromatic heterocycles. The minimum Gasteiger partial charge on any atom is -0.501 e. The van der Waals surface area contributed by atoms with Crippen LogP contribution in [-0.4, -0.2) is 17.7 Å². The minimum atomic E-state index is -0.840. The number of unbranched alkanes of at least 4 members (excludes halogenated alkanes) is 4. The molecule has 0 spiro atoms. The van der Waals surface area contributed by atoms with Gasteiger partial charge in [-0.05, 0) is 25.8 Å². The van der Waals surface area contributed by atoms with Crippen molar-refractivity contribution in [2.75, 3.05) is 6.61 Å². The smallest absolute Gasteiger partial charge is 0.501 e. The van der Waals surface area contributed by atoms with Crippen molar-refractivity contribution in [2.24, 2.45) is 0 Å². The van der Waals surface area contributed by atoms with Gasteiger partial charge in [0.1, 0.15) is 0 Å². The molecule has 0 aromatic carbocycles. The topological polar surface area (TPSA) is 74.7 Å². The highest BCUT2D eigenvalue weighted by molar-refractivity contribution is 5.91. The van der Waals surface area contributed by atoms with Crippen LogP contribution in [0.4, 0.5) is 0 Å². The average Bonchev–Trinajstić information content (AvgIpc) is 2.35. The Morgan fingerprint density at radius 1 is 1.33 bits per heavy atom. The summed E-state index contributed by atoms with van der Waals surface area (Å²) in [6.45, 7) is 3.93. The SMILES string of the molecule is CCCCCC/C=C\C(O)=C(/[N+]#N)C(=O)OCC. The van der Waals surface area contributed by atoms with Crippen molar-refractivity contribution in [3.05, 3.63) is 28.6 Å². The second-order valence-electron chi connectivity index (χ2n) is 3.81. The fourth-order valence-corrected chi connectivity index (χ4v) is 1.36. The summed E-state index contributed by atoms with van der Waals surface area (Å²) < 4.78 is 4.63. The summed E-state index contributed by atoms with van der Waals surface area (Å²) in [6.07, 6.45) is 8.45. The standard InChI is InChI=1S/C13H20N2O3/c1-3-5-6-7-8-9-10-11(16)12(15-14)13(17)18-4-2/h9-10H,3-8H2,1-2H3/p+1/b10-9-. The van der Waals surface area contributed by atoms with Gasteiger partial charge in [-0.15, -0.1) is 0 Å². The second kappa shape index (κ2) is 10.3. The number of nitrogens with zero attached hydrogens (tertiary/aromatic N) is 2. The van der Waals surface area contributed by atoms with E-state index in [1.165, 1.54) is 18.9 Å². The number of esters is 1. The first-order chi connectivity index (χ1) is 8.67. The number of allylic oxidation sites excluding steroid dienone is 2. The molecule has 0 aliphatic heterocycles. The van der Waals surface area contributed by atoms with Crippen molar-refractivity contribution in [2.45, 2.75) is 46.0 Å². The third kappa shape index (κ3) is 6.69. The maximum absolute atomic E-state index is 11.3. The van der Waals surface area contributed by atoms with Crippen molar-refractivity contribution in [3.63, 3.8) is 0 Å². The maximum atomic E-state index is 11.3. The van der Waals surface area contributed by atoms with Gasteiger partial charge in [0.25, 0.3) is 0 Å². The van der Waals surface area contributed by atoms with E-state index in [1.54, 1.807) is 13.0 Å². The lowest BCUT2D eigenvalue weighted by atomic mass is 10.1. The van der Waals surface area contributed by atoms with E-state index in [2.05, 4.69) is 16.6 Å². The molecule has 100 valence electrons. The summed E-state index contributed by atoms with van der Waals surface area (Å²) in [7, 11) is 0. The number of rotatable bonds is 8. The lowest BCUT2D eigenvalue weighted by Crippen LogP contribution is -2.07. The Hall–Kier alpha value is -1.83. The third-order valence-corrected chi connectivity index (χ3v) is 2.31. The molecule has 0 bridgehead atoms. The molecule has 0 atom stereocenters.